The summed E-state index contributed by atoms with van der Waals surface area (Å²) in [7, 11) is 3.44. The van der Waals surface area contributed by atoms with Gasteiger partial charge >= 0.3 is 6.03 Å². The van der Waals surface area contributed by atoms with Crippen LogP contribution in [0.5, 0.6) is 0 Å². The Morgan fingerprint density at radius 3 is 2.54 bits per heavy atom. The molecule has 1 aliphatic rings. The number of carbonyl (C=O) groups excluding carboxylic acids is 1. The highest BCUT2D eigenvalue weighted by molar-refractivity contribution is 6.01. The Bertz CT molecular complexity index is 793. The van der Waals surface area contributed by atoms with Gasteiger partial charge < -0.3 is 14.6 Å². The third-order valence-electron chi connectivity index (χ3n) is 4.21. The fourth-order valence-corrected chi connectivity index (χ4v) is 2.92. The minimum absolute atomic E-state index is 0.100. The smallest absolute Gasteiger partial charge is 0.319 e. The minimum atomic E-state index is -0.319. The van der Waals surface area contributed by atoms with Gasteiger partial charge in [0.1, 0.15) is 5.82 Å². The van der Waals surface area contributed by atoms with Gasteiger partial charge in [-0.1, -0.05) is 53.7 Å². The molecule has 0 unspecified atom stereocenters. The van der Waals surface area contributed by atoms with E-state index in [1.54, 1.807) is 37.2 Å². The lowest BCUT2D eigenvalue weighted by Gasteiger charge is -2.27. The summed E-state index contributed by atoms with van der Waals surface area (Å²) in [5.74, 6) is -0.319. The molecule has 3 rings (SSSR count). The molecule has 1 heterocycles. The monoisotopic (exact) mass is 355 g/mol. The molecule has 2 aromatic carbocycles. The van der Waals surface area contributed by atoms with Gasteiger partial charge in [0.05, 0.1) is 12.3 Å². The van der Waals surface area contributed by atoms with Crippen LogP contribution in [-0.2, 0) is 11.4 Å². The largest absolute Gasteiger partial charge is 0.390 e. The van der Waals surface area contributed by atoms with Gasteiger partial charge in [0, 0.05) is 32.6 Å². The van der Waals surface area contributed by atoms with E-state index in [2.05, 4.69) is 5.16 Å². The summed E-state index contributed by atoms with van der Waals surface area (Å²) in [5.41, 5.74) is 2.06. The Morgan fingerprint density at radius 2 is 1.85 bits per heavy atom. The van der Waals surface area contributed by atoms with E-state index in [1.165, 1.54) is 11.0 Å². The Hall–Kier alpha value is -2.89. The maximum Gasteiger partial charge on any atom is 0.319 e. The maximum absolute atomic E-state index is 13.9. The number of hydrogen-bond donors (Lipinski definition) is 0. The molecular weight excluding hydrogens is 333 g/mol. The molecule has 26 heavy (non-hydrogen) atoms. The third kappa shape index (κ3) is 4.20. The highest BCUT2D eigenvalue weighted by Crippen LogP contribution is 2.20. The van der Waals surface area contributed by atoms with E-state index in [0.717, 1.165) is 5.56 Å². The Morgan fingerprint density at radius 1 is 1.15 bits per heavy atom. The lowest BCUT2D eigenvalue weighted by Crippen LogP contribution is -2.42. The molecule has 0 saturated heterocycles. The summed E-state index contributed by atoms with van der Waals surface area (Å²) in [6.45, 7) is 0.861. The molecule has 2 aromatic rings. The Balaban J connectivity index is 1.68. The van der Waals surface area contributed by atoms with E-state index in [4.69, 9.17) is 4.84 Å². The number of oxime groups is 1. The van der Waals surface area contributed by atoms with Gasteiger partial charge in [-0.05, 0) is 11.6 Å². The first-order valence-corrected chi connectivity index (χ1v) is 8.52. The number of carbonyl (C=O) groups is 1. The zero-order chi connectivity index (χ0) is 18.5. The van der Waals surface area contributed by atoms with E-state index in [0.29, 0.717) is 30.8 Å². The summed E-state index contributed by atoms with van der Waals surface area (Å²) in [6.07, 6.45) is 0.171. The zero-order valence-corrected chi connectivity index (χ0v) is 14.9. The van der Waals surface area contributed by atoms with E-state index in [1.807, 2.05) is 30.3 Å². The van der Waals surface area contributed by atoms with Crippen molar-refractivity contribution in [2.45, 2.75) is 19.1 Å². The molecule has 1 aliphatic heterocycles. The molecule has 0 fully saturated rings. The number of nitrogens with zero attached hydrogens (tertiary/aromatic N) is 3. The van der Waals surface area contributed by atoms with Gasteiger partial charge in [-0.15, -0.1) is 0 Å². The fourth-order valence-electron chi connectivity index (χ4n) is 2.92. The minimum Gasteiger partial charge on any atom is -0.390 e. The second kappa shape index (κ2) is 7.99. The lowest BCUT2D eigenvalue weighted by molar-refractivity contribution is 0.0551. The van der Waals surface area contributed by atoms with Crippen molar-refractivity contribution < 1.29 is 14.0 Å². The van der Waals surface area contributed by atoms with Gasteiger partial charge in [-0.2, -0.15) is 0 Å². The Labute approximate surface area is 152 Å². The lowest BCUT2D eigenvalue weighted by atomic mass is 10.0. The van der Waals surface area contributed by atoms with Gasteiger partial charge in [0.2, 0.25) is 0 Å². The van der Waals surface area contributed by atoms with Crippen molar-refractivity contribution in [2.24, 2.45) is 5.16 Å². The van der Waals surface area contributed by atoms with Gasteiger partial charge in [0.15, 0.2) is 6.10 Å². The number of amides is 2. The average molecular weight is 355 g/mol. The van der Waals surface area contributed by atoms with Crippen LogP contribution in [-0.4, -0.2) is 48.3 Å². The summed E-state index contributed by atoms with van der Waals surface area (Å²) >= 11 is 0. The van der Waals surface area contributed by atoms with Crippen molar-refractivity contribution in [1.29, 1.82) is 0 Å². The number of rotatable bonds is 5. The number of hydrogen-bond acceptors (Lipinski definition) is 3. The van der Waals surface area contributed by atoms with Gasteiger partial charge in [-0.3, -0.25) is 0 Å². The van der Waals surface area contributed by atoms with Crippen LogP contribution in [0.2, 0.25) is 0 Å². The molecule has 0 spiro atoms. The first kappa shape index (κ1) is 17.9. The summed E-state index contributed by atoms with van der Waals surface area (Å²) in [4.78, 5) is 21.3. The van der Waals surface area contributed by atoms with Crippen molar-refractivity contribution in [3.05, 3.63) is 71.5 Å². The first-order chi connectivity index (χ1) is 12.5. The van der Waals surface area contributed by atoms with Crippen LogP contribution in [0.15, 0.2) is 59.8 Å². The van der Waals surface area contributed by atoms with Crippen LogP contribution in [0.1, 0.15) is 17.5 Å². The van der Waals surface area contributed by atoms with E-state index >= 15 is 0 Å². The quantitative estimate of drug-likeness (QED) is 0.824. The van der Waals surface area contributed by atoms with Crippen LogP contribution in [0, 0.1) is 5.82 Å². The molecule has 0 bridgehead atoms. The second-order valence-corrected chi connectivity index (χ2v) is 6.49. The fraction of sp³-hybridized carbons (Fsp3) is 0.300. The molecule has 1 atom stereocenters. The normalized spacial score (nSPS) is 16.0. The number of urea groups is 1. The van der Waals surface area contributed by atoms with Gasteiger partial charge in [0.25, 0.3) is 0 Å². The maximum atomic E-state index is 13.9. The Kier molecular flexibility index (Phi) is 5.51. The van der Waals surface area contributed by atoms with Crippen LogP contribution in [0.3, 0.4) is 0 Å². The number of halogens is 1. The molecule has 0 radical (unpaired) electrons. The molecule has 136 valence electrons. The topological polar surface area (TPSA) is 45.1 Å². The third-order valence-corrected chi connectivity index (χ3v) is 4.21. The predicted molar refractivity (Wildman–Crippen MR) is 98.4 cm³/mol. The van der Waals surface area contributed by atoms with Crippen molar-refractivity contribution in [3.63, 3.8) is 0 Å². The van der Waals surface area contributed by atoms with E-state index < -0.39 is 0 Å². The SMILES string of the molecule is CN(C)C(=O)N(Cc1ccccc1)C[C@H]1CC(c2ccccc2F)=NO1. The molecule has 6 heteroatoms. The molecule has 0 N–H and O–H groups in total. The standard InChI is InChI=1S/C20H22FN3O2/c1-23(2)20(25)24(13-15-8-4-3-5-9-15)14-16-12-19(22-26-16)17-10-6-7-11-18(17)21/h3-11,16H,12-14H2,1-2H3/t16-/m1/s1. The molecular formula is C20H22FN3O2. The molecule has 0 aromatic heterocycles. The predicted octanol–water partition coefficient (Wildman–Crippen LogP) is 3.50. The van der Waals surface area contributed by atoms with Crippen LogP contribution < -0.4 is 0 Å². The van der Waals surface area contributed by atoms with E-state index in [9.17, 15) is 9.18 Å². The van der Waals surface area contributed by atoms with Gasteiger partial charge in [-0.25, -0.2) is 9.18 Å². The van der Waals surface area contributed by atoms with Crippen molar-refractivity contribution >= 4 is 11.7 Å². The van der Waals surface area contributed by atoms with Crippen molar-refractivity contribution in [1.82, 2.24) is 9.80 Å². The molecule has 0 aliphatic carbocycles. The van der Waals surface area contributed by atoms with Crippen molar-refractivity contribution in [3.8, 4) is 0 Å². The number of benzene rings is 2. The van der Waals surface area contributed by atoms with E-state index in [-0.39, 0.29) is 18.0 Å². The first-order valence-electron chi connectivity index (χ1n) is 8.52. The van der Waals surface area contributed by atoms with Crippen LogP contribution in [0.4, 0.5) is 9.18 Å². The zero-order valence-electron chi connectivity index (χ0n) is 14.9. The summed E-state index contributed by atoms with van der Waals surface area (Å²) in [5, 5.41) is 4.04. The van der Waals surface area contributed by atoms with Crippen LogP contribution >= 0.6 is 0 Å². The van der Waals surface area contributed by atoms with Crippen LogP contribution in [0.25, 0.3) is 0 Å². The summed E-state index contributed by atoms with van der Waals surface area (Å²) in [6, 6.07) is 16.2. The molecule has 2 amide bonds. The summed E-state index contributed by atoms with van der Waals surface area (Å²) < 4.78 is 13.9. The second-order valence-electron chi connectivity index (χ2n) is 6.49. The highest BCUT2D eigenvalue weighted by atomic mass is 19.1. The average Bonchev–Trinajstić information content (AvgIpc) is 3.10. The highest BCUT2D eigenvalue weighted by Gasteiger charge is 2.28. The molecule has 0 saturated carbocycles. The molecule has 5 nitrogen and oxygen atoms in total. The van der Waals surface area contributed by atoms with Crippen molar-refractivity contribution in [2.75, 3.05) is 20.6 Å².